The largest absolute Gasteiger partial charge is 0.488 e. The number of nitrogens with one attached hydrogen (secondary N) is 1. The van der Waals surface area contributed by atoms with E-state index in [0.717, 1.165) is 17.0 Å². The Balaban J connectivity index is 1.48. The van der Waals surface area contributed by atoms with Crippen molar-refractivity contribution in [2.45, 2.75) is 25.9 Å². The lowest BCUT2D eigenvalue weighted by molar-refractivity contribution is -0.137. The Bertz CT molecular complexity index is 1270. The van der Waals surface area contributed by atoms with Crippen LogP contribution in [0.2, 0.25) is 0 Å². The number of aromatic nitrogens is 3. The van der Waals surface area contributed by atoms with Crippen LogP contribution in [0.5, 0.6) is 0 Å². The van der Waals surface area contributed by atoms with Gasteiger partial charge in [-0.3, -0.25) is 9.51 Å². The molecule has 0 amide bonds. The van der Waals surface area contributed by atoms with Crippen molar-refractivity contribution in [2.24, 2.45) is 0 Å². The van der Waals surface area contributed by atoms with E-state index in [0.29, 0.717) is 22.0 Å². The van der Waals surface area contributed by atoms with Crippen molar-refractivity contribution in [2.75, 3.05) is 0 Å². The fourth-order valence-electron chi connectivity index (χ4n) is 2.90. The van der Waals surface area contributed by atoms with Crippen LogP contribution < -0.4 is 5.76 Å². The quantitative estimate of drug-likeness (QED) is 0.524. The zero-order chi connectivity index (χ0) is 22.9. The summed E-state index contributed by atoms with van der Waals surface area (Å²) in [7, 11) is 0. The highest BCUT2D eigenvalue weighted by Gasteiger charge is 2.30. The number of thiazole rings is 1. The van der Waals surface area contributed by atoms with Gasteiger partial charge in [0.05, 0.1) is 16.1 Å². The van der Waals surface area contributed by atoms with Crippen molar-refractivity contribution in [1.82, 2.24) is 15.1 Å². The zero-order valence-electron chi connectivity index (χ0n) is 16.4. The number of H-pyrrole nitrogens is 1. The highest BCUT2D eigenvalue weighted by molar-refractivity contribution is 7.15. The minimum atomic E-state index is -4.40. The van der Waals surface area contributed by atoms with Crippen molar-refractivity contribution in [3.05, 3.63) is 86.8 Å². The number of alkyl halides is 4. The SMILES string of the molecule is Cc1nc(-c2ccc(C(F)(F)F)cc2)sc1COC1=CC=C(c2noc(=O)[nH]2)C(F)C=C1. The van der Waals surface area contributed by atoms with Crippen LogP contribution in [0.15, 0.2) is 63.6 Å². The van der Waals surface area contributed by atoms with Crippen molar-refractivity contribution >= 4 is 16.9 Å². The van der Waals surface area contributed by atoms with Crippen LogP contribution in [0.4, 0.5) is 17.6 Å². The molecule has 1 atom stereocenters. The summed E-state index contributed by atoms with van der Waals surface area (Å²) >= 11 is 1.30. The van der Waals surface area contributed by atoms with Gasteiger partial charge < -0.3 is 4.74 Å². The third kappa shape index (κ3) is 4.72. The van der Waals surface area contributed by atoms with Gasteiger partial charge in [0.15, 0.2) is 5.82 Å². The number of hydrogen-bond donors (Lipinski definition) is 1. The summed E-state index contributed by atoms with van der Waals surface area (Å²) in [5.41, 5.74) is 0.644. The normalized spacial score (nSPS) is 16.5. The summed E-state index contributed by atoms with van der Waals surface area (Å²) in [4.78, 5) is 18.6. The zero-order valence-corrected chi connectivity index (χ0v) is 17.3. The van der Waals surface area contributed by atoms with Gasteiger partial charge in [0, 0.05) is 11.1 Å². The Morgan fingerprint density at radius 3 is 2.62 bits per heavy atom. The average molecular weight is 465 g/mol. The number of aryl methyl sites for hydroxylation is 1. The number of benzene rings is 1. The molecular formula is C21H15F4N3O3S. The first-order valence-electron chi connectivity index (χ1n) is 9.28. The number of hydrogen-bond acceptors (Lipinski definition) is 6. The molecule has 166 valence electrons. The number of rotatable bonds is 5. The molecule has 32 heavy (non-hydrogen) atoms. The highest BCUT2D eigenvalue weighted by Crippen LogP contribution is 2.33. The van der Waals surface area contributed by atoms with Crippen molar-refractivity contribution in [3.63, 3.8) is 0 Å². The lowest BCUT2D eigenvalue weighted by atomic mass is 10.1. The van der Waals surface area contributed by atoms with Gasteiger partial charge in [0.1, 0.15) is 23.5 Å². The smallest absolute Gasteiger partial charge is 0.439 e. The minimum Gasteiger partial charge on any atom is -0.488 e. The number of nitrogens with zero attached hydrogens (tertiary/aromatic N) is 2. The molecule has 1 N–H and O–H groups in total. The van der Waals surface area contributed by atoms with E-state index in [2.05, 4.69) is 19.6 Å². The van der Waals surface area contributed by atoms with E-state index < -0.39 is 23.7 Å². The summed E-state index contributed by atoms with van der Waals surface area (Å²) in [6.07, 6.45) is -0.243. The van der Waals surface area contributed by atoms with E-state index in [4.69, 9.17) is 4.74 Å². The topological polar surface area (TPSA) is 81.0 Å². The van der Waals surface area contributed by atoms with Gasteiger partial charge in [-0.2, -0.15) is 13.2 Å². The fraction of sp³-hybridized carbons (Fsp3) is 0.190. The molecule has 1 unspecified atom stereocenters. The first-order chi connectivity index (χ1) is 15.2. The molecular weight excluding hydrogens is 450 g/mol. The molecule has 2 heterocycles. The number of halogens is 4. The molecule has 0 saturated heterocycles. The van der Waals surface area contributed by atoms with Gasteiger partial charge in [-0.15, -0.1) is 11.3 Å². The third-order valence-electron chi connectivity index (χ3n) is 4.59. The molecule has 4 rings (SSSR count). The lowest BCUT2D eigenvalue weighted by Gasteiger charge is -2.06. The van der Waals surface area contributed by atoms with Gasteiger partial charge >= 0.3 is 11.9 Å². The number of aromatic amines is 1. The second-order valence-electron chi connectivity index (χ2n) is 6.79. The first-order valence-corrected chi connectivity index (χ1v) is 10.1. The maximum atomic E-state index is 14.4. The molecule has 2 aromatic heterocycles. The average Bonchev–Trinajstić information content (AvgIpc) is 3.29. The van der Waals surface area contributed by atoms with E-state index in [1.807, 2.05) is 0 Å². The predicted octanol–water partition coefficient (Wildman–Crippen LogP) is 5.21. The molecule has 6 nitrogen and oxygen atoms in total. The molecule has 0 saturated carbocycles. The number of allylic oxidation sites excluding steroid dienone is 5. The number of ether oxygens (including phenoxy) is 1. The lowest BCUT2D eigenvalue weighted by Crippen LogP contribution is -2.03. The van der Waals surface area contributed by atoms with Gasteiger partial charge in [-0.05, 0) is 43.4 Å². The summed E-state index contributed by atoms with van der Waals surface area (Å²) in [6, 6.07) is 4.79. The predicted molar refractivity (Wildman–Crippen MR) is 109 cm³/mol. The molecule has 11 heteroatoms. The standard InChI is InChI=1S/C21H15F4N3O3S/c1-11-17(32-19(26-11)12-2-4-13(5-3-12)21(23,24)25)10-30-14-6-8-15(16(22)9-7-14)18-27-20(29)31-28-18/h2-9,16H,10H2,1H3,(H,27,28,29). The van der Waals surface area contributed by atoms with E-state index in [9.17, 15) is 22.4 Å². The van der Waals surface area contributed by atoms with Crippen LogP contribution in [0.1, 0.15) is 22.0 Å². The van der Waals surface area contributed by atoms with E-state index in [1.165, 1.54) is 47.8 Å². The van der Waals surface area contributed by atoms with Crippen molar-refractivity contribution < 1.29 is 26.8 Å². The van der Waals surface area contributed by atoms with Crippen LogP contribution in [0, 0.1) is 6.92 Å². The van der Waals surface area contributed by atoms with Gasteiger partial charge in [0.25, 0.3) is 0 Å². The van der Waals surface area contributed by atoms with Crippen molar-refractivity contribution in [1.29, 1.82) is 0 Å². The summed E-state index contributed by atoms with van der Waals surface area (Å²) in [5, 5.41) is 4.06. The molecule has 0 bridgehead atoms. The van der Waals surface area contributed by atoms with E-state index >= 15 is 0 Å². The minimum absolute atomic E-state index is 0.0101. The first kappa shape index (κ1) is 21.8. The van der Waals surface area contributed by atoms with E-state index in [1.54, 1.807) is 6.92 Å². The summed E-state index contributed by atoms with van der Waals surface area (Å²) in [5.74, 6) is -0.423. The second-order valence-corrected chi connectivity index (χ2v) is 7.87. The fourth-order valence-corrected chi connectivity index (χ4v) is 3.88. The molecule has 1 aliphatic rings. The molecule has 0 spiro atoms. The Labute approximate surface area is 182 Å². The third-order valence-corrected chi connectivity index (χ3v) is 5.77. The molecule has 1 aliphatic carbocycles. The van der Waals surface area contributed by atoms with E-state index in [-0.39, 0.29) is 18.0 Å². The molecule has 1 aromatic carbocycles. The Morgan fingerprint density at radius 1 is 1.22 bits per heavy atom. The molecule has 3 aromatic rings. The van der Waals surface area contributed by atoms with Gasteiger partial charge in [-0.1, -0.05) is 17.3 Å². The van der Waals surface area contributed by atoms with Crippen LogP contribution in [-0.4, -0.2) is 21.3 Å². The van der Waals surface area contributed by atoms with Gasteiger partial charge in [0.2, 0.25) is 0 Å². The Kier molecular flexibility index (Phi) is 5.83. The second kappa shape index (κ2) is 8.58. The Hall–Kier alpha value is -3.47. The molecule has 0 fully saturated rings. The van der Waals surface area contributed by atoms with Crippen LogP contribution in [-0.2, 0) is 17.5 Å². The highest BCUT2D eigenvalue weighted by atomic mass is 32.1. The Morgan fingerprint density at radius 2 is 1.97 bits per heavy atom. The monoisotopic (exact) mass is 465 g/mol. The summed E-state index contributed by atoms with van der Waals surface area (Å²) in [6.45, 7) is 1.91. The molecule has 0 radical (unpaired) electrons. The maximum absolute atomic E-state index is 14.4. The van der Waals surface area contributed by atoms with Crippen molar-refractivity contribution in [3.8, 4) is 10.6 Å². The van der Waals surface area contributed by atoms with Crippen LogP contribution in [0.3, 0.4) is 0 Å². The maximum Gasteiger partial charge on any atom is 0.439 e. The molecule has 0 aliphatic heterocycles. The van der Waals surface area contributed by atoms with Crippen LogP contribution >= 0.6 is 11.3 Å². The van der Waals surface area contributed by atoms with Gasteiger partial charge in [-0.25, -0.2) is 14.2 Å². The summed E-state index contributed by atoms with van der Waals surface area (Å²) < 4.78 is 62.8. The van der Waals surface area contributed by atoms with Crippen LogP contribution in [0.25, 0.3) is 16.1 Å².